The summed E-state index contributed by atoms with van der Waals surface area (Å²) in [6.07, 6.45) is 0. The SMILES string of the molecule is CCn1c(N(C)C[C@H](C)N)nc2c1c(=O)n(Cc1nc(C)c3ccccc3n1)c(=O)n2C. The Hall–Kier alpha value is -3.53. The highest BCUT2D eigenvalue weighted by Gasteiger charge is 2.22. The van der Waals surface area contributed by atoms with Gasteiger partial charge in [-0.25, -0.2) is 14.8 Å². The van der Waals surface area contributed by atoms with Crippen LogP contribution in [0.3, 0.4) is 0 Å². The van der Waals surface area contributed by atoms with Crippen LogP contribution >= 0.6 is 0 Å². The molecule has 1 atom stereocenters. The summed E-state index contributed by atoms with van der Waals surface area (Å²) in [6, 6.07) is 7.60. The number of hydrogen-bond donors (Lipinski definition) is 1. The number of aryl methyl sites for hydroxylation is 3. The molecule has 0 aliphatic rings. The summed E-state index contributed by atoms with van der Waals surface area (Å²) in [5.41, 5.74) is 7.38. The third-order valence-electron chi connectivity index (χ3n) is 5.57. The second-order valence-electron chi connectivity index (χ2n) is 8.16. The molecule has 0 aliphatic carbocycles. The fraction of sp³-hybridized carbons (Fsp3) is 0.409. The Morgan fingerprint density at radius 3 is 2.53 bits per heavy atom. The van der Waals surface area contributed by atoms with Gasteiger partial charge in [0.1, 0.15) is 5.82 Å². The van der Waals surface area contributed by atoms with Crippen molar-refractivity contribution in [2.75, 3.05) is 18.5 Å². The number of nitrogens with zero attached hydrogens (tertiary/aromatic N) is 7. The van der Waals surface area contributed by atoms with Crippen molar-refractivity contribution in [2.45, 2.75) is 39.9 Å². The summed E-state index contributed by atoms with van der Waals surface area (Å²) < 4.78 is 4.40. The van der Waals surface area contributed by atoms with Gasteiger partial charge in [0.15, 0.2) is 11.2 Å². The van der Waals surface area contributed by atoms with Crippen molar-refractivity contribution in [2.24, 2.45) is 12.8 Å². The van der Waals surface area contributed by atoms with Crippen molar-refractivity contribution in [3.05, 3.63) is 56.6 Å². The van der Waals surface area contributed by atoms with Gasteiger partial charge in [-0.2, -0.15) is 4.98 Å². The van der Waals surface area contributed by atoms with Gasteiger partial charge in [-0.1, -0.05) is 18.2 Å². The van der Waals surface area contributed by atoms with Crippen LogP contribution in [-0.4, -0.2) is 48.3 Å². The molecule has 0 fully saturated rings. The summed E-state index contributed by atoms with van der Waals surface area (Å²) >= 11 is 0. The third kappa shape index (κ3) is 3.56. The first kappa shape index (κ1) is 21.7. The van der Waals surface area contributed by atoms with Gasteiger partial charge < -0.3 is 15.2 Å². The number of nitrogens with two attached hydrogens (primary N) is 1. The van der Waals surface area contributed by atoms with Crippen LogP contribution in [0.4, 0.5) is 5.95 Å². The highest BCUT2D eigenvalue weighted by molar-refractivity contribution is 5.80. The van der Waals surface area contributed by atoms with E-state index in [2.05, 4.69) is 15.0 Å². The van der Waals surface area contributed by atoms with E-state index in [0.717, 1.165) is 16.6 Å². The molecule has 2 N–H and O–H groups in total. The molecule has 0 radical (unpaired) electrons. The van der Waals surface area contributed by atoms with Gasteiger partial charge in [0.25, 0.3) is 5.56 Å². The van der Waals surface area contributed by atoms with Gasteiger partial charge in [-0.3, -0.25) is 13.9 Å². The maximum atomic E-state index is 13.5. The zero-order chi connectivity index (χ0) is 23.2. The monoisotopic (exact) mass is 436 g/mol. The largest absolute Gasteiger partial charge is 0.344 e. The minimum absolute atomic E-state index is 0.0208. The topological polar surface area (TPSA) is 117 Å². The maximum absolute atomic E-state index is 13.5. The maximum Gasteiger partial charge on any atom is 0.332 e. The molecule has 0 spiro atoms. The first-order valence-corrected chi connectivity index (χ1v) is 10.6. The van der Waals surface area contributed by atoms with E-state index in [1.165, 1.54) is 9.13 Å². The number of aromatic nitrogens is 6. The molecule has 3 aromatic heterocycles. The van der Waals surface area contributed by atoms with Crippen LogP contribution in [0.25, 0.3) is 22.1 Å². The van der Waals surface area contributed by atoms with Gasteiger partial charge in [0.2, 0.25) is 5.95 Å². The number of hydrogen-bond acceptors (Lipinski definition) is 7. The highest BCUT2D eigenvalue weighted by atomic mass is 16.2. The van der Waals surface area contributed by atoms with E-state index in [-0.39, 0.29) is 12.6 Å². The van der Waals surface area contributed by atoms with Crippen LogP contribution in [0, 0.1) is 6.92 Å². The van der Waals surface area contributed by atoms with Gasteiger partial charge in [0.05, 0.1) is 12.1 Å². The molecule has 0 aliphatic heterocycles. The van der Waals surface area contributed by atoms with Crippen molar-refractivity contribution >= 4 is 28.0 Å². The normalized spacial score (nSPS) is 12.6. The summed E-state index contributed by atoms with van der Waals surface area (Å²) in [6.45, 7) is 6.81. The molecule has 168 valence electrons. The van der Waals surface area contributed by atoms with Crippen molar-refractivity contribution < 1.29 is 0 Å². The zero-order valence-corrected chi connectivity index (χ0v) is 19.0. The van der Waals surface area contributed by atoms with E-state index in [0.29, 0.717) is 36.0 Å². The third-order valence-corrected chi connectivity index (χ3v) is 5.57. The van der Waals surface area contributed by atoms with Crippen LogP contribution in [0.2, 0.25) is 0 Å². The smallest absolute Gasteiger partial charge is 0.332 e. The first-order chi connectivity index (χ1) is 15.2. The molecule has 10 heteroatoms. The van der Waals surface area contributed by atoms with Crippen molar-refractivity contribution in [1.82, 2.24) is 28.7 Å². The lowest BCUT2D eigenvalue weighted by Crippen LogP contribution is -2.40. The average molecular weight is 437 g/mol. The predicted molar refractivity (Wildman–Crippen MR) is 125 cm³/mol. The molecule has 32 heavy (non-hydrogen) atoms. The number of benzene rings is 1. The van der Waals surface area contributed by atoms with Crippen LogP contribution in [-0.2, 0) is 20.1 Å². The molecule has 0 bridgehead atoms. The lowest BCUT2D eigenvalue weighted by Gasteiger charge is -2.20. The van der Waals surface area contributed by atoms with E-state index < -0.39 is 11.2 Å². The number of likely N-dealkylation sites (N-methyl/N-ethyl adjacent to an activating group) is 1. The Labute approximate surface area is 184 Å². The highest BCUT2D eigenvalue weighted by Crippen LogP contribution is 2.19. The summed E-state index contributed by atoms with van der Waals surface area (Å²) in [7, 11) is 3.49. The second kappa shape index (κ2) is 8.19. The van der Waals surface area contributed by atoms with Gasteiger partial charge in [-0.15, -0.1) is 0 Å². The van der Waals surface area contributed by atoms with Gasteiger partial charge >= 0.3 is 5.69 Å². The molecule has 0 saturated carbocycles. The number of para-hydroxylation sites is 1. The van der Waals surface area contributed by atoms with Crippen molar-refractivity contribution in [3.63, 3.8) is 0 Å². The molecule has 0 saturated heterocycles. The minimum Gasteiger partial charge on any atom is -0.344 e. The lowest BCUT2D eigenvalue weighted by atomic mass is 10.2. The summed E-state index contributed by atoms with van der Waals surface area (Å²) in [4.78, 5) is 42.2. The molecule has 3 heterocycles. The first-order valence-electron chi connectivity index (χ1n) is 10.6. The Balaban J connectivity index is 1.90. The zero-order valence-electron chi connectivity index (χ0n) is 19.0. The molecule has 0 amide bonds. The summed E-state index contributed by atoms with van der Waals surface area (Å²) in [5, 5.41) is 0.942. The van der Waals surface area contributed by atoms with E-state index in [1.54, 1.807) is 7.05 Å². The van der Waals surface area contributed by atoms with Gasteiger partial charge in [0, 0.05) is 44.3 Å². The van der Waals surface area contributed by atoms with Crippen molar-refractivity contribution in [1.29, 1.82) is 0 Å². The summed E-state index contributed by atoms with van der Waals surface area (Å²) in [5.74, 6) is 1.01. The quantitative estimate of drug-likeness (QED) is 0.479. The lowest BCUT2D eigenvalue weighted by molar-refractivity contribution is 0.631. The number of anilines is 1. The van der Waals surface area contributed by atoms with Gasteiger partial charge in [-0.05, 0) is 26.8 Å². The standard InChI is InChI=1S/C22H28N8O2/c1-6-29-18-19(26-21(29)27(4)11-13(2)23)28(5)22(32)30(20(18)31)12-17-24-14(3)15-9-7-8-10-16(15)25-17/h7-10,13H,6,11-12,23H2,1-5H3/t13-/m0/s1. The Kier molecular flexibility index (Phi) is 5.55. The molecule has 4 aromatic rings. The molecule has 10 nitrogen and oxygen atoms in total. The number of fused-ring (bicyclic) bond motifs is 2. The molecule has 0 unspecified atom stereocenters. The predicted octanol–water partition coefficient (Wildman–Crippen LogP) is 1.000. The fourth-order valence-electron chi connectivity index (χ4n) is 4.11. The molecule has 4 rings (SSSR count). The van der Waals surface area contributed by atoms with E-state index in [1.807, 2.05) is 61.6 Å². The Morgan fingerprint density at radius 1 is 1.12 bits per heavy atom. The van der Waals surface area contributed by atoms with Crippen LogP contribution in [0.1, 0.15) is 25.4 Å². The Morgan fingerprint density at radius 2 is 1.84 bits per heavy atom. The number of imidazole rings is 1. The van der Waals surface area contributed by atoms with Crippen LogP contribution in [0.15, 0.2) is 33.9 Å². The number of rotatable bonds is 6. The van der Waals surface area contributed by atoms with Crippen LogP contribution < -0.4 is 21.9 Å². The molecular formula is C22H28N8O2. The Bertz CT molecular complexity index is 1430. The molecule has 1 aromatic carbocycles. The van der Waals surface area contributed by atoms with E-state index >= 15 is 0 Å². The van der Waals surface area contributed by atoms with Crippen LogP contribution in [0.5, 0.6) is 0 Å². The van der Waals surface area contributed by atoms with E-state index in [4.69, 9.17) is 5.73 Å². The second-order valence-corrected chi connectivity index (χ2v) is 8.16. The fourth-order valence-corrected chi connectivity index (χ4v) is 4.11. The minimum atomic E-state index is -0.459. The van der Waals surface area contributed by atoms with Crippen molar-refractivity contribution in [3.8, 4) is 0 Å². The molecular weight excluding hydrogens is 408 g/mol. The van der Waals surface area contributed by atoms with E-state index in [9.17, 15) is 9.59 Å². The average Bonchev–Trinajstić information content (AvgIpc) is 3.15.